The van der Waals surface area contributed by atoms with Gasteiger partial charge >= 0.3 is 0 Å². The van der Waals surface area contributed by atoms with E-state index < -0.39 is 11.8 Å². The number of nitrogens with zero attached hydrogens (tertiary/aromatic N) is 2. The number of benzene rings is 1. The fraction of sp³-hybridized carbons (Fsp3) is 0.188. The van der Waals surface area contributed by atoms with Crippen LogP contribution in [0.3, 0.4) is 0 Å². The summed E-state index contributed by atoms with van der Waals surface area (Å²) in [6, 6.07) is 6.13. The molecule has 1 heterocycles. The molecule has 1 N–H and O–H groups in total. The summed E-state index contributed by atoms with van der Waals surface area (Å²) in [7, 11) is 0. The first-order valence-corrected chi connectivity index (χ1v) is 7.74. The van der Waals surface area contributed by atoms with Crippen LogP contribution in [0.4, 0.5) is 5.82 Å². The molecule has 0 radical (unpaired) electrons. The number of amides is 2. The minimum Gasteiger partial charge on any atom is -0.360 e. The average Bonchev–Trinajstić information content (AvgIpc) is 2.91. The number of rotatable bonds is 6. The van der Waals surface area contributed by atoms with Gasteiger partial charge in [-0.1, -0.05) is 34.4 Å². The molecule has 2 amide bonds. The summed E-state index contributed by atoms with van der Waals surface area (Å²) in [5.74, 6) is 0.0388. The van der Waals surface area contributed by atoms with Crippen molar-refractivity contribution in [2.75, 3.05) is 18.4 Å². The molecule has 0 unspecified atom stereocenters. The molecule has 0 aliphatic heterocycles. The lowest BCUT2D eigenvalue weighted by Gasteiger charge is -2.21. The Labute approximate surface area is 149 Å². The molecular formula is C16H15Cl2N3O3. The summed E-state index contributed by atoms with van der Waals surface area (Å²) >= 11 is 11.9. The Bertz CT molecular complexity index is 774. The number of halogens is 2. The third-order valence-corrected chi connectivity index (χ3v) is 3.58. The molecule has 8 heteroatoms. The molecule has 0 aliphatic carbocycles. The summed E-state index contributed by atoms with van der Waals surface area (Å²) < 4.78 is 4.87. The number of anilines is 1. The lowest BCUT2D eigenvalue weighted by molar-refractivity contribution is -0.116. The van der Waals surface area contributed by atoms with Crippen LogP contribution in [0, 0.1) is 6.92 Å². The van der Waals surface area contributed by atoms with Gasteiger partial charge in [0.1, 0.15) is 12.3 Å². The summed E-state index contributed by atoms with van der Waals surface area (Å²) in [6.07, 6.45) is 1.52. The van der Waals surface area contributed by atoms with Crippen LogP contribution < -0.4 is 5.32 Å². The van der Waals surface area contributed by atoms with Crippen molar-refractivity contribution in [3.63, 3.8) is 0 Å². The van der Waals surface area contributed by atoms with Crippen LogP contribution in [0.5, 0.6) is 0 Å². The number of hydrogen-bond acceptors (Lipinski definition) is 4. The highest BCUT2D eigenvalue weighted by atomic mass is 35.5. The molecule has 0 fully saturated rings. The van der Waals surface area contributed by atoms with Gasteiger partial charge in [-0.2, -0.15) is 0 Å². The highest BCUT2D eigenvalue weighted by Gasteiger charge is 2.20. The van der Waals surface area contributed by atoms with E-state index in [1.807, 2.05) is 0 Å². The average molecular weight is 368 g/mol. The van der Waals surface area contributed by atoms with Gasteiger partial charge in [0.25, 0.3) is 5.91 Å². The summed E-state index contributed by atoms with van der Waals surface area (Å²) in [6.45, 7) is 5.31. The SMILES string of the molecule is C=CCN(CC(=O)Nc1cc(C)on1)C(=O)c1ccc(Cl)cc1Cl. The van der Waals surface area contributed by atoms with Crippen LogP contribution in [0.1, 0.15) is 16.1 Å². The molecule has 126 valence electrons. The number of hydrogen-bond donors (Lipinski definition) is 1. The summed E-state index contributed by atoms with van der Waals surface area (Å²) in [4.78, 5) is 26.0. The lowest BCUT2D eigenvalue weighted by Crippen LogP contribution is -2.38. The predicted molar refractivity (Wildman–Crippen MR) is 92.4 cm³/mol. The Morgan fingerprint density at radius 3 is 2.71 bits per heavy atom. The van der Waals surface area contributed by atoms with E-state index in [1.165, 1.54) is 23.1 Å². The second-order valence-corrected chi connectivity index (χ2v) is 5.81. The first-order chi connectivity index (χ1) is 11.4. The molecule has 1 aromatic carbocycles. The van der Waals surface area contributed by atoms with Crippen LogP contribution in [-0.4, -0.2) is 35.0 Å². The molecule has 0 saturated carbocycles. The van der Waals surface area contributed by atoms with Crippen LogP contribution in [0.15, 0.2) is 41.4 Å². The van der Waals surface area contributed by atoms with Crippen molar-refractivity contribution in [3.05, 3.63) is 58.3 Å². The second kappa shape index (κ2) is 7.99. The predicted octanol–water partition coefficient (Wildman–Crippen LogP) is 3.56. The minimum absolute atomic E-state index is 0.184. The Morgan fingerprint density at radius 2 is 2.12 bits per heavy atom. The molecular weight excluding hydrogens is 353 g/mol. The fourth-order valence-electron chi connectivity index (χ4n) is 1.99. The molecule has 0 bridgehead atoms. The highest BCUT2D eigenvalue weighted by Crippen LogP contribution is 2.22. The maximum atomic E-state index is 12.6. The summed E-state index contributed by atoms with van der Waals surface area (Å²) in [5.41, 5.74) is 0.257. The molecule has 0 atom stereocenters. The smallest absolute Gasteiger partial charge is 0.256 e. The van der Waals surface area contributed by atoms with Gasteiger partial charge < -0.3 is 14.7 Å². The van der Waals surface area contributed by atoms with Crippen molar-refractivity contribution >= 4 is 40.8 Å². The number of carbonyl (C=O) groups excluding carboxylic acids is 2. The minimum atomic E-state index is -0.413. The second-order valence-electron chi connectivity index (χ2n) is 4.97. The zero-order chi connectivity index (χ0) is 17.7. The van der Waals surface area contributed by atoms with Gasteiger partial charge in [-0.25, -0.2) is 0 Å². The Kier molecular flexibility index (Phi) is 6.00. The van der Waals surface area contributed by atoms with Gasteiger partial charge in [0.05, 0.1) is 10.6 Å². The molecule has 1 aromatic heterocycles. The van der Waals surface area contributed by atoms with Crippen LogP contribution in [-0.2, 0) is 4.79 Å². The Morgan fingerprint density at radius 1 is 1.38 bits per heavy atom. The van der Waals surface area contributed by atoms with E-state index in [1.54, 1.807) is 19.1 Å². The largest absolute Gasteiger partial charge is 0.360 e. The van der Waals surface area contributed by atoms with Crippen LogP contribution >= 0.6 is 23.2 Å². The van der Waals surface area contributed by atoms with Gasteiger partial charge in [0, 0.05) is 17.6 Å². The van der Waals surface area contributed by atoms with E-state index >= 15 is 0 Å². The number of aryl methyl sites for hydroxylation is 1. The van der Waals surface area contributed by atoms with Crippen molar-refractivity contribution in [1.82, 2.24) is 10.1 Å². The van der Waals surface area contributed by atoms with E-state index in [0.29, 0.717) is 10.8 Å². The monoisotopic (exact) mass is 367 g/mol. The topological polar surface area (TPSA) is 75.4 Å². The third-order valence-electron chi connectivity index (χ3n) is 3.03. The van der Waals surface area contributed by atoms with Crippen molar-refractivity contribution < 1.29 is 14.1 Å². The third kappa shape index (κ3) is 4.59. The molecule has 0 spiro atoms. The maximum absolute atomic E-state index is 12.6. The molecule has 0 aliphatic rings. The van der Waals surface area contributed by atoms with Gasteiger partial charge in [-0.05, 0) is 25.1 Å². The van der Waals surface area contributed by atoms with E-state index in [0.717, 1.165) is 0 Å². The zero-order valence-electron chi connectivity index (χ0n) is 12.9. The molecule has 2 aromatic rings. The van der Waals surface area contributed by atoms with Gasteiger partial charge in [0.2, 0.25) is 5.91 Å². The number of carbonyl (C=O) groups is 2. The maximum Gasteiger partial charge on any atom is 0.256 e. The van der Waals surface area contributed by atoms with Crippen LogP contribution in [0.25, 0.3) is 0 Å². The quantitative estimate of drug-likeness (QED) is 0.792. The first kappa shape index (κ1) is 18.0. The number of aromatic nitrogens is 1. The van der Waals surface area contributed by atoms with Crippen LogP contribution in [0.2, 0.25) is 10.0 Å². The van der Waals surface area contributed by atoms with E-state index in [2.05, 4.69) is 17.1 Å². The van der Waals surface area contributed by atoms with Gasteiger partial charge in [0.15, 0.2) is 5.82 Å². The van der Waals surface area contributed by atoms with E-state index in [4.69, 9.17) is 27.7 Å². The molecule has 24 heavy (non-hydrogen) atoms. The van der Waals surface area contributed by atoms with E-state index in [-0.39, 0.29) is 29.5 Å². The summed E-state index contributed by atoms with van der Waals surface area (Å²) in [5, 5.41) is 6.86. The van der Waals surface area contributed by atoms with Gasteiger partial charge in [-0.15, -0.1) is 6.58 Å². The van der Waals surface area contributed by atoms with E-state index in [9.17, 15) is 9.59 Å². The normalized spacial score (nSPS) is 10.3. The Hall–Kier alpha value is -2.31. The lowest BCUT2D eigenvalue weighted by atomic mass is 10.2. The molecule has 0 saturated heterocycles. The molecule has 2 rings (SSSR count). The standard InChI is InChI=1S/C16H15Cl2N3O3/c1-3-6-21(9-15(22)19-14-7-10(2)24-20-14)16(23)12-5-4-11(17)8-13(12)18/h3-5,7-8H,1,6,9H2,2H3,(H,19,20,22). The zero-order valence-corrected chi connectivity index (χ0v) is 14.4. The van der Waals surface area contributed by atoms with Crippen molar-refractivity contribution in [2.45, 2.75) is 6.92 Å². The highest BCUT2D eigenvalue weighted by molar-refractivity contribution is 6.36. The van der Waals surface area contributed by atoms with Gasteiger partial charge in [-0.3, -0.25) is 9.59 Å². The Balaban J connectivity index is 2.11. The van der Waals surface area contributed by atoms with Crippen molar-refractivity contribution in [3.8, 4) is 0 Å². The van der Waals surface area contributed by atoms with Crippen molar-refractivity contribution in [1.29, 1.82) is 0 Å². The van der Waals surface area contributed by atoms with Crippen molar-refractivity contribution in [2.24, 2.45) is 0 Å². The number of nitrogens with one attached hydrogen (secondary N) is 1. The fourth-order valence-corrected chi connectivity index (χ4v) is 2.48. The first-order valence-electron chi connectivity index (χ1n) is 6.99. The molecule has 6 nitrogen and oxygen atoms in total.